The van der Waals surface area contributed by atoms with Gasteiger partial charge in [0.05, 0.1) is 16.6 Å². The molecular formula is C26H25FN4O3P. The Kier molecular flexibility index (Phi) is 6.17. The fourth-order valence-corrected chi connectivity index (χ4v) is 7.39. The van der Waals surface area contributed by atoms with E-state index in [1.54, 1.807) is 42.6 Å². The molecule has 1 radical (unpaired) electrons. The quantitative estimate of drug-likeness (QED) is 0.328. The van der Waals surface area contributed by atoms with E-state index in [1.165, 1.54) is 13.0 Å². The molecule has 1 saturated heterocycles. The Morgan fingerprint density at radius 1 is 1.11 bits per heavy atom. The van der Waals surface area contributed by atoms with E-state index < -0.39 is 13.3 Å². The third-order valence-electron chi connectivity index (χ3n) is 6.55. The van der Waals surface area contributed by atoms with E-state index in [-0.39, 0.29) is 11.3 Å². The first-order chi connectivity index (χ1) is 16.9. The highest BCUT2D eigenvalue weighted by Gasteiger charge is 2.35. The number of nitrogens with one attached hydrogen (secondary N) is 1. The molecule has 0 unspecified atom stereocenters. The van der Waals surface area contributed by atoms with E-state index >= 15 is 0 Å². The number of hydrogen-bond donors (Lipinski definition) is 2. The predicted molar refractivity (Wildman–Crippen MR) is 137 cm³/mol. The first kappa shape index (κ1) is 23.3. The van der Waals surface area contributed by atoms with Crippen LogP contribution in [-0.2, 0) is 6.42 Å². The first-order valence-electron chi connectivity index (χ1n) is 11.4. The third kappa shape index (κ3) is 4.47. The predicted octanol–water partition coefficient (Wildman–Crippen LogP) is 3.32. The van der Waals surface area contributed by atoms with Gasteiger partial charge in [-0.25, -0.2) is 14.5 Å². The monoisotopic (exact) mass is 491 g/mol. The number of pyridine rings is 1. The maximum Gasteiger partial charge on any atom is 0.272 e. The number of benzene rings is 2. The highest BCUT2D eigenvalue weighted by molar-refractivity contribution is 7.77. The van der Waals surface area contributed by atoms with Gasteiger partial charge in [-0.15, -0.1) is 0 Å². The molecule has 1 aliphatic rings. The summed E-state index contributed by atoms with van der Waals surface area (Å²) in [5.41, 5.74) is 1.79. The number of Topliss-reactive ketones (excluding diaryl/α,β-unsaturated/α-hetero) is 1. The molecule has 179 valence electrons. The molecule has 0 saturated carbocycles. The molecule has 35 heavy (non-hydrogen) atoms. The Balaban J connectivity index is 1.41. The number of aromatic nitrogens is 3. The van der Waals surface area contributed by atoms with Crippen LogP contribution in [0.4, 0.5) is 10.2 Å². The fourth-order valence-electron chi connectivity index (χ4n) is 4.66. The number of nitrogens with zero attached hydrogens (tertiary/aromatic N) is 3. The Morgan fingerprint density at radius 2 is 1.86 bits per heavy atom. The number of fused-ring (bicyclic) bond motifs is 1. The van der Waals surface area contributed by atoms with Gasteiger partial charge in [0.25, 0.3) is 5.56 Å². The molecule has 0 spiro atoms. The summed E-state index contributed by atoms with van der Waals surface area (Å²) in [6.07, 6.45) is 2.85. The van der Waals surface area contributed by atoms with E-state index in [4.69, 9.17) is 0 Å². The van der Waals surface area contributed by atoms with Gasteiger partial charge in [0, 0.05) is 56.2 Å². The van der Waals surface area contributed by atoms with Crippen LogP contribution in [0.2, 0.25) is 0 Å². The van der Waals surface area contributed by atoms with Crippen molar-refractivity contribution in [3.05, 3.63) is 93.8 Å². The van der Waals surface area contributed by atoms with Crippen LogP contribution >= 0.6 is 7.49 Å². The summed E-state index contributed by atoms with van der Waals surface area (Å²) in [5, 5.41) is 8.42. The van der Waals surface area contributed by atoms with Gasteiger partial charge in [-0.3, -0.25) is 9.59 Å². The summed E-state index contributed by atoms with van der Waals surface area (Å²) >= 11 is 0. The zero-order chi connectivity index (χ0) is 24.6. The van der Waals surface area contributed by atoms with Crippen molar-refractivity contribution in [1.29, 1.82) is 0 Å². The zero-order valence-electron chi connectivity index (χ0n) is 19.2. The number of anilines is 1. The van der Waals surface area contributed by atoms with Crippen molar-refractivity contribution in [2.45, 2.75) is 13.3 Å². The second-order valence-electron chi connectivity index (χ2n) is 8.80. The van der Waals surface area contributed by atoms with Crippen molar-refractivity contribution >= 4 is 35.2 Å². The molecule has 0 bridgehead atoms. The van der Waals surface area contributed by atoms with Gasteiger partial charge >= 0.3 is 0 Å². The molecular weight excluding hydrogens is 466 g/mol. The van der Waals surface area contributed by atoms with Crippen molar-refractivity contribution in [3.8, 4) is 0 Å². The SMILES string of the molecule is CC(=O)c1cccnc1N1CC[P](O)(c2cc(Cc3n[nH]c(=O)c4ccccc34)ccc2F)CC1. The molecule has 1 aliphatic heterocycles. The molecule has 3 heterocycles. The van der Waals surface area contributed by atoms with Crippen LogP contribution in [0.1, 0.15) is 28.5 Å². The summed E-state index contributed by atoms with van der Waals surface area (Å²) in [4.78, 5) is 42.0. The lowest BCUT2D eigenvalue weighted by atomic mass is 10.0. The average Bonchev–Trinajstić information content (AvgIpc) is 2.87. The molecule has 4 aromatic rings. The van der Waals surface area contributed by atoms with E-state index in [0.717, 1.165) is 10.9 Å². The van der Waals surface area contributed by atoms with E-state index in [9.17, 15) is 18.9 Å². The fraction of sp³-hybridized carbons (Fsp3) is 0.231. The Bertz CT molecular complexity index is 1480. The topological polar surface area (TPSA) is 99.2 Å². The minimum absolute atomic E-state index is 0.0640. The average molecular weight is 491 g/mol. The zero-order valence-corrected chi connectivity index (χ0v) is 20.1. The Labute approximate surface area is 202 Å². The van der Waals surface area contributed by atoms with Gasteiger partial charge in [-0.05, 0) is 42.8 Å². The number of rotatable bonds is 5. The van der Waals surface area contributed by atoms with Crippen molar-refractivity contribution < 1.29 is 14.1 Å². The molecule has 2 N–H and O–H groups in total. The van der Waals surface area contributed by atoms with Crippen molar-refractivity contribution in [2.24, 2.45) is 0 Å². The van der Waals surface area contributed by atoms with Crippen LogP contribution in [-0.4, -0.2) is 51.3 Å². The second kappa shape index (κ2) is 9.29. The Hall–Kier alpha value is -3.48. The van der Waals surface area contributed by atoms with E-state index in [2.05, 4.69) is 15.2 Å². The number of aromatic amines is 1. The van der Waals surface area contributed by atoms with Gasteiger partial charge in [-0.2, -0.15) is 5.10 Å². The molecule has 1 fully saturated rings. The number of ketones is 1. The van der Waals surface area contributed by atoms with Crippen LogP contribution in [0.3, 0.4) is 0 Å². The van der Waals surface area contributed by atoms with Crippen LogP contribution in [0.5, 0.6) is 0 Å². The van der Waals surface area contributed by atoms with Crippen LogP contribution in [0.25, 0.3) is 10.8 Å². The second-order valence-corrected chi connectivity index (χ2v) is 12.0. The molecule has 5 rings (SSSR count). The minimum atomic E-state index is -2.75. The van der Waals surface area contributed by atoms with Gasteiger partial charge in [0.15, 0.2) is 5.78 Å². The third-order valence-corrected chi connectivity index (χ3v) is 9.67. The first-order valence-corrected chi connectivity index (χ1v) is 13.5. The molecule has 7 nitrogen and oxygen atoms in total. The Morgan fingerprint density at radius 3 is 2.60 bits per heavy atom. The summed E-state index contributed by atoms with van der Waals surface area (Å²) in [7, 11) is -2.75. The maximum atomic E-state index is 15.0. The summed E-state index contributed by atoms with van der Waals surface area (Å²) in [6, 6.07) is 15.6. The van der Waals surface area contributed by atoms with Gasteiger partial charge < -0.3 is 9.79 Å². The van der Waals surface area contributed by atoms with Gasteiger partial charge in [0.2, 0.25) is 0 Å². The van der Waals surface area contributed by atoms with Crippen molar-refractivity contribution in [2.75, 3.05) is 30.3 Å². The highest BCUT2D eigenvalue weighted by Crippen LogP contribution is 2.55. The number of halogens is 1. The van der Waals surface area contributed by atoms with Gasteiger partial charge in [-0.1, -0.05) is 24.3 Å². The molecule has 0 atom stereocenters. The lowest BCUT2D eigenvalue weighted by Gasteiger charge is -2.41. The lowest BCUT2D eigenvalue weighted by Crippen LogP contribution is -2.41. The van der Waals surface area contributed by atoms with E-state index in [1.807, 2.05) is 17.0 Å². The van der Waals surface area contributed by atoms with Crippen molar-refractivity contribution in [1.82, 2.24) is 15.2 Å². The van der Waals surface area contributed by atoms with E-state index in [0.29, 0.717) is 59.6 Å². The van der Waals surface area contributed by atoms with Crippen LogP contribution in [0, 0.1) is 5.82 Å². The number of carbonyl (C=O) groups excluding carboxylic acids is 1. The normalized spacial score (nSPS) is 15.3. The molecule has 2 aromatic carbocycles. The number of H-pyrrole nitrogens is 1. The molecule has 2 aromatic heterocycles. The smallest absolute Gasteiger partial charge is 0.272 e. The molecule has 9 heteroatoms. The van der Waals surface area contributed by atoms with Crippen molar-refractivity contribution in [3.63, 3.8) is 0 Å². The number of hydrogen-bond acceptors (Lipinski definition) is 6. The largest absolute Gasteiger partial charge is 0.375 e. The lowest BCUT2D eigenvalue weighted by molar-refractivity contribution is 0.101. The molecule has 0 aliphatic carbocycles. The highest BCUT2D eigenvalue weighted by atomic mass is 31.2. The minimum Gasteiger partial charge on any atom is -0.375 e. The maximum absolute atomic E-state index is 15.0. The summed E-state index contributed by atoms with van der Waals surface area (Å²) in [5.74, 6) is 0.127. The standard InChI is InChI=1S/C26H25FN4O3P/c1-17(32)19-7-4-10-28-25(19)31-11-13-35(34,14-12-31)24-16-18(8-9-22(24)27)15-23-20-5-2-3-6-21(20)26(33)30-29-23/h2-10,16,34H,11-15H2,1H3,(H,30,33). The molecule has 0 amide bonds. The van der Waals surface area contributed by atoms with Crippen LogP contribution < -0.4 is 15.8 Å². The number of carbonyl (C=O) groups is 1. The summed E-state index contributed by atoms with van der Waals surface area (Å²) in [6.45, 7) is 2.48. The summed E-state index contributed by atoms with van der Waals surface area (Å²) < 4.78 is 15.0. The van der Waals surface area contributed by atoms with Gasteiger partial charge in [0.1, 0.15) is 11.6 Å². The van der Waals surface area contributed by atoms with Crippen LogP contribution in [0.15, 0.2) is 65.6 Å².